The molecule has 0 bridgehead atoms. The summed E-state index contributed by atoms with van der Waals surface area (Å²) < 4.78 is 11.2. The first-order valence-corrected chi connectivity index (χ1v) is 11.7. The number of amides is 2. The minimum atomic E-state index is -0.371. The first-order chi connectivity index (χ1) is 17.3. The molecule has 182 valence electrons. The number of anilines is 2. The van der Waals surface area contributed by atoms with Gasteiger partial charge < -0.3 is 19.8 Å². The normalized spacial score (nSPS) is 10.9. The summed E-state index contributed by atoms with van der Waals surface area (Å²) in [6.07, 6.45) is 2.94. The second kappa shape index (κ2) is 11.2. The van der Waals surface area contributed by atoms with Crippen molar-refractivity contribution in [3.63, 3.8) is 0 Å². The van der Waals surface area contributed by atoms with Crippen LogP contribution in [0.4, 0.5) is 11.4 Å². The molecule has 4 rings (SSSR count). The number of aryl methyl sites for hydroxylation is 1. The number of nitrogens with one attached hydrogen (secondary N) is 2. The Bertz CT molecular complexity index is 1460. The van der Waals surface area contributed by atoms with E-state index in [0.717, 1.165) is 11.1 Å². The Kier molecular flexibility index (Phi) is 7.78. The van der Waals surface area contributed by atoms with Crippen molar-refractivity contribution in [3.05, 3.63) is 106 Å². The highest BCUT2D eigenvalue weighted by Crippen LogP contribution is 2.30. The number of hydrogen-bond acceptors (Lipinski definition) is 4. The smallest absolute Gasteiger partial charge is 0.257 e. The molecule has 1 heterocycles. The first-order valence-electron chi connectivity index (χ1n) is 10.9. The Morgan fingerprint density at radius 3 is 2.47 bits per heavy atom. The predicted octanol–water partition coefficient (Wildman–Crippen LogP) is 7.47. The highest BCUT2D eigenvalue weighted by atomic mass is 35.5. The van der Waals surface area contributed by atoms with E-state index in [2.05, 4.69) is 10.6 Å². The van der Waals surface area contributed by atoms with Crippen molar-refractivity contribution in [3.8, 4) is 17.1 Å². The van der Waals surface area contributed by atoms with E-state index in [9.17, 15) is 9.59 Å². The number of ether oxygens (including phenoxy) is 1. The Morgan fingerprint density at radius 2 is 1.72 bits per heavy atom. The molecule has 0 saturated heterocycles. The minimum Gasteiger partial charge on any atom is -0.494 e. The molecule has 0 atom stereocenters. The van der Waals surface area contributed by atoms with Gasteiger partial charge >= 0.3 is 0 Å². The zero-order chi connectivity index (χ0) is 25.7. The van der Waals surface area contributed by atoms with Crippen molar-refractivity contribution in [2.24, 2.45) is 0 Å². The summed E-state index contributed by atoms with van der Waals surface area (Å²) in [5, 5.41) is 6.54. The van der Waals surface area contributed by atoms with E-state index in [-0.39, 0.29) is 11.8 Å². The van der Waals surface area contributed by atoms with E-state index < -0.39 is 0 Å². The molecule has 2 N–H and O–H groups in total. The summed E-state index contributed by atoms with van der Waals surface area (Å²) in [5.74, 6) is 0.818. The van der Waals surface area contributed by atoms with Crippen molar-refractivity contribution >= 4 is 52.5 Å². The fourth-order valence-corrected chi connectivity index (χ4v) is 3.79. The lowest BCUT2D eigenvalue weighted by Crippen LogP contribution is -2.13. The second-order valence-electron chi connectivity index (χ2n) is 7.84. The lowest BCUT2D eigenvalue weighted by molar-refractivity contribution is -0.111. The number of halogens is 2. The number of methoxy groups -OCH3 is 1. The molecule has 0 unspecified atom stereocenters. The average molecular weight is 521 g/mol. The molecule has 6 nitrogen and oxygen atoms in total. The van der Waals surface area contributed by atoms with Crippen LogP contribution in [0, 0.1) is 6.92 Å². The fraction of sp³-hybridized carbons (Fsp3) is 0.0714. The maximum atomic E-state index is 12.6. The summed E-state index contributed by atoms with van der Waals surface area (Å²) in [5.41, 5.74) is 3.11. The van der Waals surface area contributed by atoms with Crippen LogP contribution in [0.1, 0.15) is 21.7 Å². The van der Waals surface area contributed by atoms with Gasteiger partial charge in [-0.25, -0.2) is 0 Å². The third-order valence-corrected chi connectivity index (χ3v) is 6.05. The van der Waals surface area contributed by atoms with Gasteiger partial charge in [-0.15, -0.1) is 0 Å². The first kappa shape index (κ1) is 25.1. The zero-order valence-corrected chi connectivity index (χ0v) is 21.0. The van der Waals surface area contributed by atoms with Gasteiger partial charge in [-0.2, -0.15) is 0 Å². The maximum absolute atomic E-state index is 12.6. The summed E-state index contributed by atoms with van der Waals surface area (Å²) in [4.78, 5) is 25.0. The highest BCUT2D eigenvalue weighted by Gasteiger charge is 2.13. The molecule has 2 amide bonds. The van der Waals surface area contributed by atoms with E-state index in [1.165, 1.54) is 13.2 Å². The van der Waals surface area contributed by atoms with Gasteiger partial charge in [-0.3, -0.25) is 9.59 Å². The molecule has 0 aliphatic carbocycles. The fourth-order valence-electron chi connectivity index (χ4n) is 3.39. The third-order valence-electron chi connectivity index (χ3n) is 5.32. The van der Waals surface area contributed by atoms with Gasteiger partial charge in [0.1, 0.15) is 17.3 Å². The van der Waals surface area contributed by atoms with Gasteiger partial charge in [-0.1, -0.05) is 47.5 Å². The van der Waals surface area contributed by atoms with Gasteiger partial charge in [0.25, 0.3) is 5.91 Å². The van der Waals surface area contributed by atoms with Crippen molar-refractivity contribution < 1.29 is 18.7 Å². The van der Waals surface area contributed by atoms with Crippen LogP contribution in [0.3, 0.4) is 0 Å². The Hall–Kier alpha value is -4.00. The zero-order valence-electron chi connectivity index (χ0n) is 19.5. The molecule has 0 saturated carbocycles. The quantitative estimate of drug-likeness (QED) is 0.247. The number of furan rings is 1. The topological polar surface area (TPSA) is 80.6 Å². The SMILES string of the molecule is COc1cc(NC(=O)/C=C/c2ccc(-c3ccc(C)c(Cl)c3)o2)ccc1NC(=O)c1ccccc1Cl. The summed E-state index contributed by atoms with van der Waals surface area (Å²) in [7, 11) is 1.47. The predicted molar refractivity (Wildman–Crippen MR) is 144 cm³/mol. The Morgan fingerprint density at radius 1 is 0.917 bits per heavy atom. The molecule has 1 aromatic heterocycles. The van der Waals surface area contributed by atoms with E-state index >= 15 is 0 Å². The van der Waals surface area contributed by atoms with Crippen molar-refractivity contribution in [2.45, 2.75) is 6.92 Å². The minimum absolute atomic E-state index is 0.343. The highest BCUT2D eigenvalue weighted by molar-refractivity contribution is 6.34. The molecule has 4 aromatic rings. The molecule has 0 fully saturated rings. The number of benzene rings is 3. The molecule has 36 heavy (non-hydrogen) atoms. The van der Waals surface area contributed by atoms with Gasteiger partial charge in [0.15, 0.2) is 0 Å². The summed E-state index contributed by atoms with van der Waals surface area (Å²) in [6, 6.07) is 20.9. The monoisotopic (exact) mass is 520 g/mol. The van der Waals surface area contributed by atoms with Crippen molar-refractivity contribution in [1.82, 2.24) is 0 Å². The van der Waals surface area contributed by atoms with Crippen LogP contribution in [-0.4, -0.2) is 18.9 Å². The van der Waals surface area contributed by atoms with Crippen molar-refractivity contribution in [1.29, 1.82) is 0 Å². The molecule has 0 radical (unpaired) electrons. The van der Waals surface area contributed by atoms with Crippen LogP contribution in [0.2, 0.25) is 10.0 Å². The molecule has 3 aromatic carbocycles. The summed E-state index contributed by atoms with van der Waals surface area (Å²) >= 11 is 12.3. The van der Waals surface area contributed by atoms with Gasteiger partial charge in [-0.05, 0) is 61.0 Å². The largest absolute Gasteiger partial charge is 0.494 e. The molecular weight excluding hydrogens is 499 g/mol. The van der Waals surface area contributed by atoms with E-state index in [4.69, 9.17) is 32.4 Å². The van der Waals surface area contributed by atoms with Crippen LogP contribution in [-0.2, 0) is 4.79 Å². The van der Waals surface area contributed by atoms with Gasteiger partial charge in [0.2, 0.25) is 5.91 Å². The lowest BCUT2D eigenvalue weighted by Gasteiger charge is -2.12. The van der Waals surface area contributed by atoms with Crippen LogP contribution in [0.25, 0.3) is 17.4 Å². The van der Waals surface area contributed by atoms with E-state index in [1.54, 1.807) is 54.6 Å². The van der Waals surface area contributed by atoms with Crippen LogP contribution in [0.5, 0.6) is 5.75 Å². The standard InChI is InChI=1S/C28H22Cl2N2O4/c1-17-7-8-18(15-23(17)30)25-13-10-20(36-25)11-14-27(33)31-19-9-12-24(26(16-19)35-2)32-28(34)21-5-3-4-6-22(21)29/h3-16H,1-2H3,(H,31,33)(H,32,34)/b14-11+. The van der Waals surface area contributed by atoms with E-state index in [1.807, 2.05) is 31.2 Å². The summed E-state index contributed by atoms with van der Waals surface area (Å²) in [6.45, 7) is 1.93. The van der Waals surface area contributed by atoms with Crippen LogP contribution in [0.15, 0.2) is 83.3 Å². The molecular formula is C28H22Cl2N2O4. The molecule has 0 aliphatic rings. The van der Waals surface area contributed by atoms with Gasteiger partial charge in [0.05, 0.1) is 23.4 Å². The number of hydrogen-bond donors (Lipinski definition) is 2. The number of rotatable bonds is 7. The van der Waals surface area contributed by atoms with Crippen LogP contribution < -0.4 is 15.4 Å². The second-order valence-corrected chi connectivity index (χ2v) is 8.65. The molecule has 8 heteroatoms. The molecule has 0 spiro atoms. The Balaban J connectivity index is 1.41. The average Bonchev–Trinajstić information content (AvgIpc) is 3.34. The maximum Gasteiger partial charge on any atom is 0.257 e. The van der Waals surface area contributed by atoms with Crippen molar-refractivity contribution in [2.75, 3.05) is 17.7 Å². The third kappa shape index (κ3) is 5.97. The van der Waals surface area contributed by atoms with E-state index in [0.29, 0.717) is 44.3 Å². The Labute approximate surface area is 218 Å². The number of carbonyl (C=O) groups excluding carboxylic acids is 2. The van der Waals surface area contributed by atoms with Crippen LogP contribution >= 0.6 is 23.2 Å². The molecule has 0 aliphatic heterocycles. The lowest BCUT2D eigenvalue weighted by atomic mass is 10.1. The van der Waals surface area contributed by atoms with Gasteiger partial charge in [0, 0.05) is 28.4 Å². The number of carbonyl (C=O) groups is 2.